The molecule has 1 amide bonds. The molecule has 2 N–H and O–H groups in total. The number of aromatic hydroxyl groups is 1. The van der Waals surface area contributed by atoms with Gasteiger partial charge in [0.15, 0.2) is 0 Å². The number of carbonyl (C=O) groups is 1. The summed E-state index contributed by atoms with van der Waals surface area (Å²) in [6, 6.07) is 9.76. The number of hydrogen-bond acceptors (Lipinski definition) is 5. The van der Waals surface area contributed by atoms with Gasteiger partial charge < -0.3 is 14.6 Å². The molecule has 0 saturated carbocycles. The second-order valence-corrected chi connectivity index (χ2v) is 5.33. The first kappa shape index (κ1) is 16.8. The third-order valence-corrected chi connectivity index (χ3v) is 3.64. The lowest BCUT2D eigenvalue weighted by atomic mass is 10.2. The monoisotopic (exact) mass is 378 g/mol. The van der Waals surface area contributed by atoms with Crippen LogP contribution >= 0.6 is 15.9 Å². The first-order valence-electron chi connectivity index (χ1n) is 6.59. The Labute approximate surface area is 141 Å². The molecule has 0 fully saturated rings. The van der Waals surface area contributed by atoms with Gasteiger partial charge in [0.05, 0.1) is 30.5 Å². The quantitative estimate of drug-likeness (QED) is 0.619. The van der Waals surface area contributed by atoms with Crippen LogP contribution in [0.25, 0.3) is 0 Å². The maximum atomic E-state index is 12.1. The third kappa shape index (κ3) is 4.23. The van der Waals surface area contributed by atoms with Gasteiger partial charge in [0.2, 0.25) is 0 Å². The SMILES string of the molecule is COc1ccc(C(=O)N/N=C/c2ccc(O)c(Br)c2)c(OC)c1. The Morgan fingerprint density at radius 1 is 1.22 bits per heavy atom. The molecular weight excluding hydrogens is 364 g/mol. The minimum absolute atomic E-state index is 0.133. The van der Waals surface area contributed by atoms with E-state index in [-0.39, 0.29) is 5.75 Å². The number of rotatable bonds is 5. The Morgan fingerprint density at radius 3 is 2.65 bits per heavy atom. The Bertz CT molecular complexity index is 747. The fraction of sp³-hybridized carbons (Fsp3) is 0.125. The second kappa shape index (κ2) is 7.64. The van der Waals surface area contributed by atoms with Gasteiger partial charge >= 0.3 is 0 Å². The molecule has 0 aliphatic rings. The number of benzene rings is 2. The highest BCUT2D eigenvalue weighted by Gasteiger charge is 2.12. The first-order chi connectivity index (χ1) is 11.0. The highest BCUT2D eigenvalue weighted by Crippen LogP contribution is 2.25. The lowest BCUT2D eigenvalue weighted by Crippen LogP contribution is -2.18. The van der Waals surface area contributed by atoms with E-state index in [0.29, 0.717) is 21.5 Å². The average Bonchev–Trinajstić information content (AvgIpc) is 2.57. The van der Waals surface area contributed by atoms with E-state index < -0.39 is 5.91 Å². The van der Waals surface area contributed by atoms with Crippen molar-refractivity contribution in [2.24, 2.45) is 5.10 Å². The fourth-order valence-corrected chi connectivity index (χ4v) is 2.21. The minimum Gasteiger partial charge on any atom is -0.507 e. The third-order valence-electron chi connectivity index (χ3n) is 3.00. The summed E-state index contributed by atoms with van der Waals surface area (Å²) in [5.41, 5.74) is 3.49. The van der Waals surface area contributed by atoms with E-state index in [0.717, 1.165) is 5.56 Å². The van der Waals surface area contributed by atoms with E-state index in [1.807, 2.05) is 0 Å². The number of amides is 1. The van der Waals surface area contributed by atoms with Crippen LogP contribution in [-0.2, 0) is 0 Å². The van der Waals surface area contributed by atoms with Crippen molar-refractivity contribution in [3.05, 3.63) is 52.0 Å². The maximum Gasteiger partial charge on any atom is 0.275 e. The lowest BCUT2D eigenvalue weighted by molar-refractivity contribution is 0.0952. The summed E-state index contributed by atoms with van der Waals surface area (Å²) < 4.78 is 10.8. The van der Waals surface area contributed by atoms with Crippen LogP contribution in [0.3, 0.4) is 0 Å². The Balaban J connectivity index is 2.10. The Kier molecular flexibility index (Phi) is 5.59. The second-order valence-electron chi connectivity index (χ2n) is 4.48. The number of methoxy groups -OCH3 is 2. The van der Waals surface area contributed by atoms with Crippen LogP contribution in [0, 0.1) is 0 Å². The smallest absolute Gasteiger partial charge is 0.275 e. The molecule has 0 atom stereocenters. The van der Waals surface area contributed by atoms with Crippen LogP contribution in [0.1, 0.15) is 15.9 Å². The van der Waals surface area contributed by atoms with Crippen LogP contribution in [-0.4, -0.2) is 31.4 Å². The summed E-state index contributed by atoms with van der Waals surface area (Å²) in [5.74, 6) is 0.716. The van der Waals surface area contributed by atoms with Gasteiger partial charge in [-0.1, -0.05) is 0 Å². The van der Waals surface area contributed by atoms with E-state index in [1.165, 1.54) is 26.5 Å². The van der Waals surface area contributed by atoms with Crippen molar-refractivity contribution in [1.29, 1.82) is 0 Å². The van der Waals surface area contributed by atoms with Gasteiger partial charge in [-0.15, -0.1) is 0 Å². The van der Waals surface area contributed by atoms with E-state index in [4.69, 9.17) is 9.47 Å². The van der Waals surface area contributed by atoms with E-state index >= 15 is 0 Å². The van der Waals surface area contributed by atoms with Crippen LogP contribution in [0.4, 0.5) is 0 Å². The fourth-order valence-electron chi connectivity index (χ4n) is 1.82. The van der Waals surface area contributed by atoms with Gasteiger partial charge in [-0.3, -0.25) is 4.79 Å². The number of hydrogen-bond donors (Lipinski definition) is 2. The number of halogens is 1. The average molecular weight is 379 g/mol. The predicted molar refractivity (Wildman–Crippen MR) is 90.4 cm³/mol. The Morgan fingerprint density at radius 2 is 2.00 bits per heavy atom. The molecular formula is C16H15BrN2O4. The normalized spacial score (nSPS) is 10.6. The van der Waals surface area contributed by atoms with Crippen LogP contribution < -0.4 is 14.9 Å². The van der Waals surface area contributed by atoms with Crippen LogP contribution in [0.5, 0.6) is 17.2 Å². The van der Waals surface area contributed by atoms with E-state index in [2.05, 4.69) is 26.5 Å². The molecule has 0 bridgehead atoms. The molecule has 0 unspecified atom stereocenters. The molecule has 23 heavy (non-hydrogen) atoms. The van der Waals surface area contributed by atoms with Gasteiger partial charge in [0.25, 0.3) is 5.91 Å². The Hall–Kier alpha value is -2.54. The van der Waals surface area contributed by atoms with Gasteiger partial charge in [0.1, 0.15) is 17.2 Å². The molecule has 2 rings (SSSR count). The molecule has 0 aromatic heterocycles. The van der Waals surface area contributed by atoms with Crippen LogP contribution in [0.15, 0.2) is 46.0 Å². The lowest BCUT2D eigenvalue weighted by Gasteiger charge is -2.08. The molecule has 7 heteroatoms. The van der Waals surface area contributed by atoms with Crippen molar-refractivity contribution in [3.8, 4) is 17.2 Å². The number of nitrogens with one attached hydrogen (secondary N) is 1. The zero-order chi connectivity index (χ0) is 16.8. The largest absolute Gasteiger partial charge is 0.507 e. The topological polar surface area (TPSA) is 80.2 Å². The van der Waals surface area contributed by atoms with Crippen molar-refractivity contribution in [3.63, 3.8) is 0 Å². The standard InChI is InChI=1S/C16H15BrN2O4/c1-22-11-4-5-12(15(8-11)23-2)16(21)19-18-9-10-3-6-14(20)13(17)7-10/h3-9,20H,1-2H3,(H,19,21)/b18-9+. The summed E-state index contributed by atoms with van der Waals surface area (Å²) in [6.45, 7) is 0. The molecule has 0 spiro atoms. The number of carbonyl (C=O) groups excluding carboxylic acids is 1. The van der Waals surface area contributed by atoms with Crippen molar-refractivity contribution in [1.82, 2.24) is 5.43 Å². The summed E-state index contributed by atoms with van der Waals surface area (Å²) in [4.78, 5) is 12.1. The number of hydrazone groups is 1. The highest BCUT2D eigenvalue weighted by atomic mass is 79.9. The molecule has 0 saturated heterocycles. The zero-order valence-electron chi connectivity index (χ0n) is 12.5. The van der Waals surface area contributed by atoms with Crippen molar-refractivity contribution in [2.45, 2.75) is 0 Å². The predicted octanol–water partition coefficient (Wildman–Crippen LogP) is 2.94. The summed E-state index contributed by atoms with van der Waals surface area (Å²) in [6.07, 6.45) is 1.47. The van der Waals surface area contributed by atoms with E-state index in [9.17, 15) is 9.90 Å². The number of phenolic OH excluding ortho intramolecular Hbond substituents is 1. The summed E-state index contributed by atoms with van der Waals surface area (Å²) in [7, 11) is 3.01. The zero-order valence-corrected chi connectivity index (χ0v) is 14.1. The minimum atomic E-state index is -0.404. The molecule has 0 aliphatic carbocycles. The van der Waals surface area contributed by atoms with Crippen molar-refractivity contribution in [2.75, 3.05) is 14.2 Å². The van der Waals surface area contributed by atoms with Gasteiger partial charge in [0, 0.05) is 6.07 Å². The van der Waals surface area contributed by atoms with Crippen LogP contribution in [0.2, 0.25) is 0 Å². The molecule has 0 aliphatic heterocycles. The van der Waals surface area contributed by atoms with Crippen molar-refractivity contribution >= 4 is 28.1 Å². The molecule has 2 aromatic carbocycles. The molecule has 0 heterocycles. The highest BCUT2D eigenvalue weighted by molar-refractivity contribution is 9.10. The molecule has 120 valence electrons. The van der Waals surface area contributed by atoms with Gasteiger partial charge in [-0.2, -0.15) is 5.10 Å². The summed E-state index contributed by atoms with van der Waals surface area (Å²) in [5, 5.41) is 13.3. The van der Waals surface area contributed by atoms with Gasteiger partial charge in [-0.25, -0.2) is 5.43 Å². The molecule has 6 nitrogen and oxygen atoms in total. The molecule has 0 radical (unpaired) electrons. The van der Waals surface area contributed by atoms with E-state index in [1.54, 1.807) is 30.3 Å². The van der Waals surface area contributed by atoms with Gasteiger partial charge in [-0.05, 0) is 51.8 Å². The molecule has 2 aromatic rings. The number of ether oxygens (including phenoxy) is 2. The number of phenols is 1. The number of nitrogens with zero attached hydrogens (tertiary/aromatic N) is 1. The maximum absolute atomic E-state index is 12.1. The first-order valence-corrected chi connectivity index (χ1v) is 7.38. The summed E-state index contributed by atoms with van der Waals surface area (Å²) >= 11 is 3.21. The van der Waals surface area contributed by atoms with Crippen molar-refractivity contribution < 1.29 is 19.4 Å².